The van der Waals surface area contributed by atoms with Crippen molar-refractivity contribution in [3.63, 3.8) is 0 Å². The summed E-state index contributed by atoms with van der Waals surface area (Å²) < 4.78 is 0. The molecule has 0 unspecified atom stereocenters. The van der Waals surface area contributed by atoms with Crippen LogP contribution >= 0.6 is 0 Å². The van der Waals surface area contributed by atoms with Crippen LogP contribution in [-0.4, -0.2) is 34.3 Å². The van der Waals surface area contributed by atoms with Gasteiger partial charge in [-0.3, -0.25) is 4.79 Å². The van der Waals surface area contributed by atoms with Crippen LogP contribution in [0, 0.1) is 5.92 Å². The molecule has 1 amide bonds. The van der Waals surface area contributed by atoms with Crippen molar-refractivity contribution < 1.29 is 19.5 Å². The van der Waals surface area contributed by atoms with Gasteiger partial charge in [0.05, 0.1) is 6.04 Å². The lowest BCUT2D eigenvalue weighted by Gasteiger charge is -2.21. The molecule has 0 aromatic carbocycles. The predicted molar refractivity (Wildman–Crippen MR) is 40.4 cm³/mol. The van der Waals surface area contributed by atoms with Crippen LogP contribution in [0.3, 0.4) is 0 Å². The van der Waals surface area contributed by atoms with Crippen molar-refractivity contribution in [3.8, 4) is 0 Å². The summed E-state index contributed by atoms with van der Waals surface area (Å²) in [4.78, 5) is 25.6. The zero-order chi connectivity index (χ0) is 9.59. The molecule has 0 bridgehead atoms. The lowest BCUT2D eigenvalue weighted by Crippen LogP contribution is -2.43. The summed E-state index contributed by atoms with van der Waals surface area (Å²) in [7, 11) is 0. The molecule has 6 heteroatoms. The van der Waals surface area contributed by atoms with Crippen molar-refractivity contribution in [3.05, 3.63) is 0 Å². The van der Waals surface area contributed by atoms with Gasteiger partial charge in [-0.15, -0.1) is 5.06 Å². The molecule has 1 heterocycles. The minimum absolute atomic E-state index is 0.0774. The fourth-order valence-electron chi connectivity index (χ4n) is 1.88. The molecule has 1 aliphatic heterocycles. The zero-order valence-electron chi connectivity index (χ0n) is 6.84. The lowest BCUT2D eigenvalue weighted by atomic mass is 10.2. The van der Waals surface area contributed by atoms with E-state index >= 15 is 0 Å². The average molecular weight is 186 g/mol. The van der Waals surface area contributed by atoms with Crippen molar-refractivity contribution in [2.75, 3.05) is 0 Å². The molecule has 3 atom stereocenters. The monoisotopic (exact) mass is 186 g/mol. The number of nitrogens with two attached hydrogens (primary N) is 1. The van der Waals surface area contributed by atoms with Gasteiger partial charge >= 0.3 is 6.16 Å². The Morgan fingerprint density at radius 3 is 2.69 bits per heavy atom. The molecule has 1 aliphatic carbocycles. The average Bonchev–Trinajstić information content (AvgIpc) is 2.68. The van der Waals surface area contributed by atoms with Crippen molar-refractivity contribution in [2.24, 2.45) is 11.7 Å². The number of carboxylic acid groups (broad SMARTS) is 1. The van der Waals surface area contributed by atoms with E-state index in [0.717, 1.165) is 6.42 Å². The quantitative estimate of drug-likeness (QED) is 0.609. The Kier molecular flexibility index (Phi) is 1.66. The molecule has 0 aromatic rings. The topological polar surface area (TPSA) is 92.9 Å². The summed E-state index contributed by atoms with van der Waals surface area (Å²) in [6.45, 7) is 0. The Bertz CT molecular complexity index is 267. The molecule has 2 aliphatic rings. The Hall–Kier alpha value is -1.30. The Morgan fingerprint density at radius 1 is 1.46 bits per heavy atom. The minimum atomic E-state index is -1.39. The van der Waals surface area contributed by atoms with E-state index < -0.39 is 18.1 Å². The SMILES string of the molecule is NC(=O)[C@@H]1C[C@@H]2C[C@@H]2N1OC(=O)O. The maximum absolute atomic E-state index is 10.9. The highest BCUT2D eigenvalue weighted by molar-refractivity contribution is 5.80. The summed E-state index contributed by atoms with van der Waals surface area (Å²) in [6, 6.07) is -0.492. The van der Waals surface area contributed by atoms with Gasteiger partial charge in [0.25, 0.3) is 0 Å². The maximum Gasteiger partial charge on any atom is 0.525 e. The minimum Gasteiger partial charge on any atom is -0.448 e. The second-order valence-corrected chi connectivity index (χ2v) is 3.43. The number of hydrogen-bond acceptors (Lipinski definition) is 4. The second kappa shape index (κ2) is 2.59. The summed E-state index contributed by atoms with van der Waals surface area (Å²) >= 11 is 0. The van der Waals surface area contributed by atoms with Gasteiger partial charge in [-0.05, 0) is 18.8 Å². The number of piperidine rings is 1. The Balaban J connectivity index is 2.04. The first-order chi connectivity index (χ1) is 6.09. The second-order valence-electron chi connectivity index (χ2n) is 3.43. The maximum atomic E-state index is 10.9. The van der Waals surface area contributed by atoms with E-state index in [0.29, 0.717) is 12.3 Å². The van der Waals surface area contributed by atoms with Gasteiger partial charge < -0.3 is 15.7 Å². The van der Waals surface area contributed by atoms with Crippen LogP contribution in [0.2, 0.25) is 0 Å². The summed E-state index contributed by atoms with van der Waals surface area (Å²) in [5.74, 6) is -0.134. The standard InChI is InChI=1S/C7H10N2O4/c8-6(10)5-2-3-1-4(3)9(5)13-7(11)12/h3-5H,1-2H2,(H2,8,10)(H,11,12)/t3-,4-,5-/m0/s1. The number of carbonyl (C=O) groups is 2. The molecule has 1 saturated carbocycles. The van der Waals surface area contributed by atoms with E-state index in [1.54, 1.807) is 0 Å². The fraction of sp³-hybridized carbons (Fsp3) is 0.714. The first-order valence-corrected chi connectivity index (χ1v) is 4.08. The van der Waals surface area contributed by atoms with Gasteiger partial charge in [-0.25, -0.2) is 4.79 Å². The summed E-state index contributed by atoms with van der Waals surface area (Å²) in [6.07, 6.45) is 0.128. The highest BCUT2D eigenvalue weighted by Crippen LogP contribution is 2.47. The molecule has 3 N–H and O–H groups in total. The third-order valence-electron chi connectivity index (χ3n) is 2.56. The van der Waals surface area contributed by atoms with Crippen molar-refractivity contribution in [1.82, 2.24) is 5.06 Å². The van der Waals surface area contributed by atoms with Gasteiger partial charge in [0.2, 0.25) is 5.91 Å². The molecule has 6 nitrogen and oxygen atoms in total. The number of hydrogen-bond donors (Lipinski definition) is 2. The Morgan fingerprint density at radius 2 is 2.15 bits per heavy atom. The number of hydroxylamine groups is 2. The summed E-state index contributed by atoms with van der Waals surface area (Å²) in [5.41, 5.74) is 5.09. The van der Waals surface area contributed by atoms with Crippen LogP contribution < -0.4 is 5.73 Å². The fourth-order valence-corrected chi connectivity index (χ4v) is 1.88. The van der Waals surface area contributed by atoms with Crippen molar-refractivity contribution in [2.45, 2.75) is 24.9 Å². The highest BCUT2D eigenvalue weighted by Gasteiger charge is 2.56. The predicted octanol–water partition coefficient (Wildman–Crippen LogP) is -0.456. The smallest absolute Gasteiger partial charge is 0.448 e. The molecule has 2 rings (SSSR count). The summed E-state index contributed by atoms with van der Waals surface area (Å²) in [5, 5.41) is 9.61. The third-order valence-corrected chi connectivity index (χ3v) is 2.56. The van der Waals surface area contributed by atoms with Crippen LogP contribution in [0.4, 0.5) is 4.79 Å². The van der Waals surface area contributed by atoms with E-state index in [-0.39, 0.29) is 6.04 Å². The van der Waals surface area contributed by atoms with Crippen molar-refractivity contribution in [1.29, 1.82) is 0 Å². The van der Waals surface area contributed by atoms with Crippen LogP contribution in [-0.2, 0) is 9.63 Å². The molecule has 2 fully saturated rings. The highest BCUT2D eigenvalue weighted by atomic mass is 16.8. The van der Waals surface area contributed by atoms with Crippen LogP contribution in [0.5, 0.6) is 0 Å². The zero-order valence-corrected chi connectivity index (χ0v) is 6.84. The van der Waals surface area contributed by atoms with E-state index in [1.807, 2.05) is 0 Å². The number of rotatable bonds is 2. The third kappa shape index (κ3) is 1.33. The lowest BCUT2D eigenvalue weighted by molar-refractivity contribution is -0.158. The van der Waals surface area contributed by atoms with Gasteiger partial charge in [-0.1, -0.05) is 0 Å². The molecule has 0 spiro atoms. The number of nitrogens with zero attached hydrogens (tertiary/aromatic N) is 1. The van der Waals surface area contributed by atoms with Crippen LogP contribution in [0.1, 0.15) is 12.8 Å². The van der Waals surface area contributed by atoms with E-state index in [4.69, 9.17) is 10.8 Å². The number of carbonyl (C=O) groups excluding carboxylic acids is 1. The molecule has 13 heavy (non-hydrogen) atoms. The molecule has 0 radical (unpaired) electrons. The normalized spacial score (nSPS) is 36.8. The van der Waals surface area contributed by atoms with Gasteiger partial charge in [0.1, 0.15) is 6.04 Å². The van der Waals surface area contributed by atoms with E-state index in [1.165, 1.54) is 5.06 Å². The number of fused-ring (bicyclic) bond motifs is 1. The van der Waals surface area contributed by atoms with Gasteiger partial charge in [0.15, 0.2) is 0 Å². The molecule has 0 aromatic heterocycles. The van der Waals surface area contributed by atoms with Crippen LogP contribution in [0.15, 0.2) is 0 Å². The Labute approximate surface area is 74.2 Å². The largest absolute Gasteiger partial charge is 0.525 e. The first kappa shape index (κ1) is 8.31. The molecule has 72 valence electrons. The molecule has 1 saturated heterocycles. The van der Waals surface area contributed by atoms with E-state index in [2.05, 4.69) is 4.84 Å². The van der Waals surface area contributed by atoms with Gasteiger partial charge in [0, 0.05) is 0 Å². The van der Waals surface area contributed by atoms with E-state index in [9.17, 15) is 9.59 Å². The van der Waals surface area contributed by atoms with Crippen molar-refractivity contribution >= 4 is 12.1 Å². The number of primary amides is 1. The molecular formula is C7H10N2O4. The first-order valence-electron chi connectivity index (χ1n) is 4.08. The van der Waals surface area contributed by atoms with Gasteiger partial charge in [-0.2, -0.15) is 0 Å². The molecular weight excluding hydrogens is 176 g/mol. The van der Waals surface area contributed by atoms with Crippen LogP contribution in [0.25, 0.3) is 0 Å². The number of amides is 1.